The van der Waals surface area contributed by atoms with Gasteiger partial charge in [-0.2, -0.15) is 0 Å². The predicted octanol–water partition coefficient (Wildman–Crippen LogP) is 7.58. The van der Waals surface area contributed by atoms with Crippen LogP contribution in [0.1, 0.15) is 142 Å². The van der Waals surface area contributed by atoms with Crippen molar-refractivity contribution in [3.8, 4) is 0 Å². The number of amides is 2. The van der Waals surface area contributed by atoms with Gasteiger partial charge in [0.1, 0.15) is 17.2 Å². The monoisotopic (exact) mass is 738 g/mol. The highest BCUT2D eigenvalue weighted by atomic mass is 32.1. The topological polar surface area (TPSA) is 121 Å². The molecule has 2 amide bonds. The number of likely N-dealkylation sites (tertiary alicyclic amines) is 1. The van der Waals surface area contributed by atoms with Gasteiger partial charge in [-0.25, -0.2) is 9.78 Å². The summed E-state index contributed by atoms with van der Waals surface area (Å²) >= 11 is 1.22. The molecule has 10 nitrogen and oxygen atoms in total. The molecule has 2 N–H and O–H groups in total. The lowest BCUT2D eigenvalue weighted by atomic mass is 9.91. The second kappa shape index (κ2) is 19.8. The number of esters is 1. The number of aliphatic hydroxyl groups excluding tert-OH is 1. The molecule has 12 heteroatoms. The van der Waals surface area contributed by atoms with Crippen LogP contribution in [0.3, 0.4) is 0 Å². The zero-order valence-corrected chi connectivity index (χ0v) is 35.2. The van der Waals surface area contributed by atoms with Crippen molar-refractivity contribution in [2.75, 3.05) is 32.8 Å². The molecule has 0 radical (unpaired) electrons. The average Bonchev–Trinajstić information content (AvgIpc) is 3.69. The van der Waals surface area contributed by atoms with Crippen molar-refractivity contribution in [2.24, 2.45) is 11.8 Å². The zero-order chi connectivity index (χ0) is 37.9. The molecule has 0 bridgehead atoms. The van der Waals surface area contributed by atoms with Crippen LogP contribution in [0, 0.1) is 11.8 Å². The van der Waals surface area contributed by atoms with Crippen LogP contribution in [0.5, 0.6) is 0 Å². The van der Waals surface area contributed by atoms with Crippen LogP contribution in [0.15, 0.2) is 5.38 Å². The Morgan fingerprint density at radius 2 is 1.82 bits per heavy atom. The van der Waals surface area contributed by atoms with Gasteiger partial charge in [0.15, 0.2) is 14.0 Å². The van der Waals surface area contributed by atoms with E-state index in [2.05, 4.69) is 76.8 Å². The summed E-state index contributed by atoms with van der Waals surface area (Å²) in [6.07, 6.45) is 5.66. The first-order valence-electron chi connectivity index (χ1n) is 19.2. The molecular weight excluding hydrogens is 669 g/mol. The number of hydrogen-bond acceptors (Lipinski definition) is 9. The van der Waals surface area contributed by atoms with E-state index in [1.807, 2.05) is 18.7 Å². The Hall–Kier alpha value is -1.86. The van der Waals surface area contributed by atoms with Crippen LogP contribution in [0.2, 0.25) is 18.1 Å². The van der Waals surface area contributed by atoms with E-state index in [0.29, 0.717) is 24.7 Å². The first-order chi connectivity index (χ1) is 23.3. The van der Waals surface area contributed by atoms with Crippen molar-refractivity contribution in [2.45, 2.75) is 162 Å². The predicted molar refractivity (Wildman–Crippen MR) is 206 cm³/mol. The first-order valence-corrected chi connectivity index (χ1v) is 22.9. The highest BCUT2D eigenvalue weighted by molar-refractivity contribution is 7.09. The lowest BCUT2D eigenvalue weighted by Crippen LogP contribution is -2.61. The standard InChI is InChI=1S/C38H70N4O6SSi/c1-13-16-17-18-22-42(30(27(4)5)25-31(43)33-39-29(26-49-33)35(45)47-15-3)34(44)32(28(6)14-2)40-36(46)38(10)20-19-21-41(38)23-24-48-50(11,12)37(7,8)9/h26-28,30-32,43H,13-25H2,1-12H3,(H,40,46)/t28-,30+,31+,32-,38+/m0/s1. The average molecular weight is 739 g/mol. The molecule has 0 unspecified atom stereocenters. The molecule has 2 rings (SSSR count). The first kappa shape index (κ1) is 44.3. The molecule has 0 aromatic carbocycles. The summed E-state index contributed by atoms with van der Waals surface area (Å²) in [5.41, 5.74) is -0.552. The van der Waals surface area contributed by atoms with Crippen molar-refractivity contribution < 1.29 is 28.7 Å². The van der Waals surface area contributed by atoms with Gasteiger partial charge in [-0.3, -0.25) is 14.5 Å². The van der Waals surface area contributed by atoms with Crippen LogP contribution < -0.4 is 5.32 Å². The van der Waals surface area contributed by atoms with Crippen molar-refractivity contribution in [1.29, 1.82) is 0 Å². The second-order valence-electron chi connectivity index (χ2n) is 16.3. The Morgan fingerprint density at radius 3 is 2.40 bits per heavy atom. The van der Waals surface area contributed by atoms with Gasteiger partial charge in [-0.15, -0.1) is 11.3 Å². The Bertz CT molecular complexity index is 1220. The van der Waals surface area contributed by atoms with E-state index in [9.17, 15) is 19.5 Å². The number of thiazole rings is 1. The molecule has 1 fully saturated rings. The fourth-order valence-electron chi connectivity index (χ4n) is 6.40. The maximum absolute atomic E-state index is 14.8. The molecule has 0 spiro atoms. The number of carbonyl (C=O) groups is 3. The largest absolute Gasteiger partial charge is 0.461 e. The van der Waals surface area contributed by atoms with E-state index in [1.54, 1.807) is 12.3 Å². The third kappa shape index (κ3) is 11.8. The molecule has 1 saturated heterocycles. The minimum Gasteiger partial charge on any atom is -0.461 e. The summed E-state index contributed by atoms with van der Waals surface area (Å²) in [6, 6.07) is -1.00. The van der Waals surface area contributed by atoms with Crippen molar-refractivity contribution in [3.05, 3.63) is 16.1 Å². The van der Waals surface area contributed by atoms with Crippen molar-refractivity contribution >= 4 is 37.4 Å². The van der Waals surface area contributed by atoms with E-state index < -0.39 is 32.0 Å². The quantitative estimate of drug-likeness (QED) is 0.0753. The molecule has 1 aliphatic heterocycles. The molecular formula is C38H70N4O6SSi. The van der Waals surface area contributed by atoms with Gasteiger partial charge in [-0.1, -0.05) is 81.1 Å². The van der Waals surface area contributed by atoms with Crippen molar-refractivity contribution in [1.82, 2.24) is 20.1 Å². The third-order valence-corrected chi connectivity index (χ3v) is 16.6. The maximum Gasteiger partial charge on any atom is 0.357 e. The van der Waals surface area contributed by atoms with Crippen LogP contribution in [-0.4, -0.2) is 96.5 Å². The van der Waals surface area contributed by atoms with Gasteiger partial charge in [0, 0.05) is 37.5 Å². The van der Waals surface area contributed by atoms with Crippen molar-refractivity contribution in [3.63, 3.8) is 0 Å². The number of nitrogens with zero attached hydrogens (tertiary/aromatic N) is 3. The van der Waals surface area contributed by atoms with Gasteiger partial charge in [0.25, 0.3) is 0 Å². The number of rotatable bonds is 21. The molecule has 2 heterocycles. The summed E-state index contributed by atoms with van der Waals surface area (Å²) < 4.78 is 11.6. The van der Waals surface area contributed by atoms with E-state index >= 15 is 0 Å². The number of nitrogens with one attached hydrogen (secondary N) is 1. The van der Waals surface area contributed by atoms with Gasteiger partial charge in [-0.05, 0) is 69.6 Å². The van der Waals surface area contributed by atoms with Gasteiger partial charge < -0.3 is 24.5 Å². The van der Waals surface area contributed by atoms with E-state index in [-0.39, 0.29) is 53.5 Å². The number of hydrogen-bond donors (Lipinski definition) is 2. The highest BCUT2D eigenvalue weighted by Gasteiger charge is 2.46. The SMILES string of the molecule is CCCCCCN(C(=O)[C@@H](NC(=O)[C@@]1(C)CCCN1CCO[Si](C)(C)C(C)(C)C)[C@@H](C)CC)[C@H](C[C@@H](O)c1nc(C(=O)OCC)cs1)C(C)C. The van der Waals surface area contributed by atoms with E-state index in [4.69, 9.17) is 9.16 Å². The molecule has 50 heavy (non-hydrogen) atoms. The molecule has 0 saturated carbocycles. The molecule has 5 atom stereocenters. The summed E-state index contributed by atoms with van der Waals surface area (Å²) in [7, 11) is -1.92. The molecule has 1 aromatic heterocycles. The minimum atomic E-state index is -1.92. The number of aliphatic hydroxyl groups is 1. The normalized spacial score (nSPS) is 19.6. The molecule has 0 aliphatic carbocycles. The second-order valence-corrected chi connectivity index (χ2v) is 22.0. The number of ether oxygens (including phenoxy) is 1. The summed E-state index contributed by atoms with van der Waals surface area (Å²) in [6.45, 7) is 28.2. The summed E-state index contributed by atoms with van der Waals surface area (Å²) in [4.78, 5) is 49.8. The van der Waals surface area contributed by atoms with Crippen LogP contribution in [0.4, 0.5) is 0 Å². The van der Waals surface area contributed by atoms with Crippen LogP contribution in [0.25, 0.3) is 0 Å². The summed E-state index contributed by atoms with van der Waals surface area (Å²) in [5, 5.41) is 16.8. The van der Waals surface area contributed by atoms with Crippen LogP contribution in [-0.2, 0) is 18.8 Å². The fraction of sp³-hybridized carbons (Fsp3) is 0.842. The molecule has 288 valence electrons. The van der Waals surface area contributed by atoms with E-state index in [0.717, 1.165) is 51.5 Å². The lowest BCUT2D eigenvalue weighted by molar-refractivity contribution is -0.144. The number of unbranched alkanes of at least 4 members (excludes halogenated alkanes) is 3. The smallest absolute Gasteiger partial charge is 0.357 e. The van der Waals surface area contributed by atoms with Gasteiger partial charge >= 0.3 is 5.97 Å². The van der Waals surface area contributed by atoms with Gasteiger partial charge in [0.05, 0.1) is 12.1 Å². The lowest BCUT2D eigenvalue weighted by Gasteiger charge is -2.41. The zero-order valence-electron chi connectivity index (χ0n) is 33.4. The maximum atomic E-state index is 14.8. The highest BCUT2D eigenvalue weighted by Crippen LogP contribution is 2.37. The van der Waals surface area contributed by atoms with E-state index in [1.165, 1.54) is 11.3 Å². The van der Waals surface area contributed by atoms with Crippen LogP contribution >= 0.6 is 11.3 Å². The minimum absolute atomic E-state index is 0.0290. The number of carbonyl (C=O) groups excluding carboxylic acids is 3. The number of aromatic nitrogens is 1. The van der Waals surface area contributed by atoms with Gasteiger partial charge in [0.2, 0.25) is 11.8 Å². The molecule has 1 aromatic rings. The Morgan fingerprint density at radius 1 is 1.14 bits per heavy atom. The Balaban J connectivity index is 2.34. The molecule has 1 aliphatic rings. The third-order valence-electron chi connectivity index (χ3n) is 11.1. The Kier molecular flexibility index (Phi) is 17.6. The fourth-order valence-corrected chi connectivity index (χ4v) is 8.22. The Labute approximate surface area is 308 Å². The summed E-state index contributed by atoms with van der Waals surface area (Å²) in [5.74, 6) is -0.784.